The maximum atomic E-state index is 16.6. The second kappa shape index (κ2) is 11.7. The highest BCUT2D eigenvalue weighted by atomic mass is 19.1. The number of nitrogens with one attached hydrogen (secondary N) is 3. The standard InChI is InChI=1S/C29H23FN4O5/c30-29(26(36)32-21-9-3-1-4-10-21,27(37)33-22-11-5-2-6-12-22)20-17-15-19(16-18-20)25(35)34-23-13-7-8-14-24(23)39-28(31)38/h1-18H,(H2,31,38)(H,32,36)(H,33,37)(H,34,35). The van der Waals surface area contributed by atoms with Gasteiger partial charge in [0, 0.05) is 22.5 Å². The molecule has 0 saturated carbocycles. The van der Waals surface area contributed by atoms with Crippen molar-refractivity contribution in [2.75, 3.05) is 16.0 Å². The zero-order valence-corrected chi connectivity index (χ0v) is 20.4. The summed E-state index contributed by atoms with van der Waals surface area (Å²) in [7, 11) is 0. The van der Waals surface area contributed by atoms with E-state index in [9.17, 15) is 19.2 Å². The lowest BCUT2D eigenvalue weighted by Crippen LogP contribution is -2.46. The van der Waals surface area contributed by atoms with E-state index < -0.39 is 29.5 Å². The van der Waals surface area contributed by atoms with Crippen LogP contribution in [0.15, 0.2) is 109 Å². The van der Waals surface area contributed by atoms with Gasteiger partial charge in [-0.1, -0.05) is 60.7 Å². The molecule has 0 saturated heterocycles. The number of primary amides is 1. The van der Waals surface area contributed by atoms with Gasteiger partial charge in [-0.25, -0.2) is 9.18 Å². The molecular formula is C29H23FN4O5. The molecule has 4 rings (SSSR count). The van der Waals surface area contributed by atoms with Crippen LogP contribution in [0.2, 0.25) is 0 Å². The fourth-order valence-corrected chi connectivity index (χ4v) is 3.66. The van der Waals surface area contributed by atoms with Crippen molar-refractivity contribution in [1.29, 1.82) is 0 Å². The highest BCUT2D eigenvalue weighted by molar-refractivity contribution is 6.18. The summed E-state index contributed by atoms with van der Waals surface area (Å²) in [6, 6.07) is 27.3. The topological polar surface area (TPSA) is 140 Å². The van der Waals surface area contributed by atoms with Crippen molar-refractivity contribution in [1.82, 2.24) is 0 Å². The molecule has 0 aromatic heterocycles. The third-order valence-corrected chi connectivity index (χ3v) is 5.58. The molecule has 0 heterocycles. The monoisotopic (exact) mass is 526 g/mol. The number of rotatable bonds is 8. The van der Waals surface area contributed by atoms with E-state index in [1.54, 1.807) is 72.8 Å². The number of alkyl halides is 1. The maximum absolute atomic E-state index is 16.6. The largest absolute Gasteiger partial charge is 0.410 e. The molecule has 5 N–H and O–H groups in total. The number of ether oxygens (including phenoxy) is 1. The Balaban J connectivity index is 1.61. The lowest BCUT2D eigenvalue weighted by molar-refractivity contribution is -0.140. The van der Waals surface area contributed by atoms with Crippen molar-refractivity contribution < 1.29 is 28.3 Å². The minimum Gasteiger partial charge on any atom is -0.408 e. The Morgan fingerprint density at radius 3 is 1.64 bits per heavy atom. The maximum Gasteiger partial charge on any atom is 0.410 e. The average molecular weight is 527 g/mol. The number of carbonyl (C=O) groups excluding carboxylic acids is 4. The van der Waals surface area contributed by atoms with Crippen LogP contribution in [0.1, 0.15) is 15.9 Å². The second-order valence-corrected chi connectivity index (χ2v) is 8.25. The highest BCUT2D eigenvalue weighted by Crippen LogP contribution is 2.31. The summed E-state index contributed by atoms with van der Waals surface area (Å²) in [4.78, 5) is 50.3. The summed E-state index contributed by atoms with van der Waals surface area (Å²) in [5.74, 6) is -3.00. The van der Waals surface area contributed by atoms with Crippen LogP contribution in [0.4, 0.5) is 26.2 Å². The molecule has 0 atom stereocenters. The Hall–Kier alpha value is -5.51. The molecule has 0 aliphatic heterocycles. The molecular weight excluding hydrogens is 503 g/mol. The fraction of sp³-hybridized carbons (Fsp3) is 0.0345. The summed E-state index contributed by atoms with van der Waals surface area (Å²) >= 11 is 0. The van der Waals surface area contributed by atoms with E-state index in [4.69, 9.17) is 10.5 Å². The molecule has 4 aromatic rings. The van der Waals surface area contributed by atoms with Crippen LogP contribution >= 0.6 is 0 Å². The smallest absolute Gasteiger partial charge is 0.408 e. The number of amides is 4. The van der Waals surface area contributed by atoms with Crippen LogP contribution in [0.3, 0.4) is 0 Å². The normalized spacial score (nSPS) is 10.7. The Morgan fingerprint density at radius 2 is 1.13 bits per heavy atom. The van der Waals surface area contributed by atoms with E-state index in [-0.39, 0.29) is 22.6 Å². The van der Waals surface area contributed by atoms with Gasteiger partial charge in [-0.2, -0.15) is 0 Å². The number of benzene rings is 4. The molecule has 4 aromatic carbocycles. The van der Waals surface area contributed by atoms with Gasteiger partial charge in [0.1, 0.15) is 0 Å². The van der Waals surface area contributed by atoms with Crippen molar-refractivity contribution in [2.24, 2.45) is 5.73 Å². The minimum atomic E-state index is -3.15. The van der Waals surface area contributed by atoms with Crippen molar-refractivity contribution in [3.05, 3.63) is 120 Å². The van der Waals surface area contributed by atoms with Gasteiger partial charge < -0.3 is 26.4 Å². The molecule has 39 heavy (non-hydrogen) atoms. The zero-order valence-electron chi connectivity index (χ0n) is 20.4. The number of halogens is 1. The number of hydrogen-bond donors (Lipinski definition) is 4. The van der Waals surface area contributed by atoms with E-state index in [0.717, 1.165) is 0 Å². The van der Waals surface area contributed by atoms with Crippen molar-refractivity contribution >= 4 is 40.9 Å². The van der Waals surface area contributed by atoms with Gasteiger partial charge >= 0.3 is 6.09 Å². The molecule has 4 amide bonds. The number of carbonyl (C=O) groups is 4. The van der Waals surface area contributed by atoms with Crippen molar-refractivity contribution in [3.63, 3.8) is 0 Å². The van der Waals surface area contributed by atoms with Crippen LogP contribution in [-0.4, -0.2) is 23.8 Å². The van der Waals surface area contributed by atoms with Crippen LogP contribution in [-0.2, 0) is 15.3 Å². The molecule has 0 aliphatic carbocycles. The van der Waals surface area contributed by atoms with Gasteiger partial charge in [0.15, 0.2) is 5.75 Å². The summed E-state index contributed by atoms with van der Waals surface area (Å²) in [6.07, 6.45) is -1.05. The van der Waals surface area contributed by atoms with Gasteiger partial charge in [0.25, 0.3) is 23.4 Å². The lowest BCUT2D eigenvalue weighted by atomic mass is 9.92. The molecule has 0 radical (unpaired) electrons. The van der Waals surface area contributed by atoms with E-state index in [1.807, 2.05) is 0 Å². The van der Waals surface area contributed by atoms with E-state index in [1.165, 1.54) is 36.4 Å². The van der Waals surface area contributed by atoms with Gasteiger partial charge in [-0.15, -0.1) is 0 Å². The summed E-state index contributed by atoms with van der Waals surface area (Å²) in [5, 5.41) is 7.44. The van der Waals surface area contributed by atoms with Crippen LogP contribution in [0.25, 0.3) is 0 Å². The first-order valence-corrected chi connectivity index (χ1v) is 11.7. The summed E-state index contributed by atoms with van der Waals surface area (Å²) in [6.45, 7) is 0. The second-order valence-electron chi connectivity index (χ2n) is 8.25. The number of anilines is 3. The van der Waals surface area contributed by atoms with Crippen LogP contribution in [0, 0.1) is 0 Å². The predicted octanol–water partition coefficient (Wildman–Crippen LogP) is 4.84. The zero-order chi connectivity index (χ0) is 27.8. The molecule has 10 heteroatoms. The average Bonchev–Trinajstić information content (AvgIpc) is 2.94. The summed E-state index contributed by atoms with van der Waals surface area (Å²) < 4.78 is 21.4. The molecule has 196 valence electrons. The molecule has 0 fully saturated rings. The Bertz CT molecular complexity index is 1440. The van der Waals surface area contributed by atoms with Gasteiger partial charge in [0.2, 0.25) is 0 Å². The predicted molar refractivity (Wildman–Crippen MR) is 144 cm³/mol. The molecule has 0 aliphatic rings. The third-order valence-electron chi connectivity index (χ3n) is 5.58. The van der Waals surface area contributed by atoms with E-state index >= 15 is 4.39 Å². The third kappa shape index (κ3) is 6.25. The first-order chi connectivity index (χ1) is 18.8. The molecule has 0 bridgehead atoms. The Morgan fingerprint density at radius 1 is 0.641 bits per heavy atom. The number of hydrogen-bond acceptors (Lipinski definition) is 5. The molecule has 9 nitrogen and oxygen atoms in total. The quantitative estimate of drug-likeness (QED) is 0.243. The van der Waals surface area contributed by atoms with Crippen LogP contribution in [0.5, 0.6) is 5.75 Å². The molecule has 0 unspecified atom stereocenters. The highest BCUT2D eigenvalue weighted by Gasteiger charge is 2.48. The first-order valence-electron chi connectivity index (χ1n) is 11.7. The van der Waals surface area contributed by atoms with Gasteiger partial charge in [-0.05, 0) is 48.5 Å². The van der Waals surface area contributed by atoms with Gasteiger partial charge in [-0.3, -0.25) is 14.4 Å². The molecule has 0 spiro atoms. The first kappa shape index (κ1) is 26.6. The Labute approximate surface area is 222 Å². The SMILES string of the molecule is NC(=O)Oc1ccccc1NC(=O)c1ccc(C(F)(C(=O)Nc2ccccc2)C(=O)Nc2ccccc2)cc1. The number of nitrogens with two attached hydrogens (primary N) is 1. The lowest BCUT2D eigenvalue weighted by Gasteiger charge is -2.24. The van der Waals surface area contributed by atoms with Crippen molar-refractivity contribution in [3.8, 4) is 5.75 Å². The fourth-order valence-electron chi connectivity index (χ4n) is 3.66. The Kier molecular flexibility index (Phi) is 7.96. The summed E-state index contributed by atoms with van der Waals surface area (Å²) in [5.41, 5.74) is 2.47. The minimum absolute atomic E-state index is 0.0351. The van der Waals surface area contributed by atoms with Gasteiger partial charge in [0.05, 0.1) is 5.69 Å². The van der Waals surface area contributed by atoms with Crippen LogP contribution < -0.4 is 26.4 Å². The number of para-hydroxylation sites is 4. The van der Waals surface area contributed by atoms with Crippen molar-refractivity contribution in [2.45, 2.75) is 5.67 Å². The van der Waals surface area contributed by atoms with E-state index in [2.05, 4.69) is 16.0 Å². The van der Waals surface area contributed by atoms with E-state index in [0.29, 0.717) is 11.4 Å².